The predicted molar refractivity (Wildman–Crippen MR) is 95.4 cm³/mol. The molecule has 1 aliphatic heterocycles. The quantitative estimate of drug-likeness (QED) is 0.676. The summed E-state index contributed by atoms with van der Waals surface area (Å²) in [5.41, 5.74) is -0.332. The number of benzene rings is 2. The van der Waals surface area contributed by atoms with Crippen LogP contribution in [0.25, 0.3) is 0 Å². The van der Waals surface area contributed by atoms with Gasteiger partial charge in [0.05, 0.1) is 25.5 Å². The summed E-state index contributed by atoms with van der Waals surface area (Å²) in [6.07, 6.45) is 0. The minimum atomic E-state index is -1.24. The van der Waals surface area contributed by atoms with Gasteiger partial charge in [-0.2, -0.15) is 0 Å². The Morgan fingerprint density at radius 2 is 1.71 bits per heavy atom. The maximum absolute atomic E-state index is 14.4. The molecule has 5 nitrogen and oxygen atoms in total. The molecule has 0 radical (unpaired) electrons. The van der Waals surface area contributed by atoms with E-state index in [2.05, 4.69) is 0 Å². The van der Waals surface area contributed by atoms with Crippen LogP contribution in [-0.2, 0) is 16.2 Å². The number of ketones is 1. The molecule has 28 heavy (non-hydrogen) atoms. The van der Waals surface area contributed by atoms with Gasteiger partial charge in [0.1, 0.15) is 24.1 Å². The first-order valence-corrected chi connectivity index (χ1v) is 9.06. The average molecular weight is 412 g/mol. The predicted octanol–water partition coefficient (Wildman–Crippen LogP) is 3.63. The number of rotatable bonds is 6. The number of methoxy groups -OCH3 is 2. The summed E-state index contributed by atoms with van der Waals surface area (Å²) in [6, 6.07) is 4.32. The smallest absolute Gasteiger partial charge is 0.204 e. The highest BCUT2D eigenvalue weighted by Gasteiger charge is 2.37. The minimum Gasteiger partial charge on any atom is -0.496 e. The number of halogens is 3. The minimum absolute atomic E-state index is 0.0254. The first-order chi connectivity index (χ1) is 13.4. The molecule has 1 aliphatic rings. The molecule has 1 fully saturated rings. The summed E-state index contributed by atoms with van der Waals surface area (Å²) in [5, 5.41) is -0.460. The number of thioether (sulfide) groups is 1. The van der Waals surface area contributed by atoms with Crippen molar-refractivity contribution in [2.75, 3.05) is 20.0 Å². The van der Waals surface area contributed by atoms with Crippen molar-refractivity contribution in [2.24, 2.45) is 0 Å². The second-order valence-electron chi connectivity index (χ2n) is 5.86. The molecule has 1 heterocycles. The lowest BCUT2D eigenvalue weighted by molar-refractivity contribution is -0.122. The van der Waals surface area contributed by atoms with Crippen molar-refractivity contribution in [3.8, 4) is 17.2 Å². The van der Waals surface area contributed by atoms with Crippen LogP contribution in [0.3, 0.4) is 0 Å². The highest BCUT2D eigenvalue weighted by Crippen LogP contribution is 2.39. The maximum atomic E-state index is 14.4. The third-order valence-corrected chi connectivity index (χ3v) is 5.20. The molecule has 9 heteroatoms. The van der Waals surface area contributed by atoms with E-state index in [-0.39, 0.29) is 34.1 Å². The Balaban J connectivity index is 1.96. The van der Waals surface area contributed by atoms with Crippen LogP contribution in [0.2, 0.25) is 0 Å². The van der Waals surface area contributed by atoms with Gasteiger partial charge < -0.3 is 14.2 Å². The number of ether oxygens (including phenoxy) is 3. The Bertz CT molecular complexity index is 932. The molecule has 0 aliphatic carbocycles. The lowest BCUT2D eigenvalue weighted by atomic mass is 9.96. The van der Waals surface area contributed by atoms with Gasteiger partial charge >= 0.3 is 0 Å². The zero-order valence-corrected chi connectivity index (χ0v) is 15.7. The molecule has 1 unspecified atom stereocenters. The molecule has 0 aromatic heterocycles. The summed E-state index contributed by atoms with van der Waals surface area (Å²) in [7, 11) is 2.56. The molecule has 1 atom stereocenters. The molecule has 3 rings (SSSR count). The largest absolute Gasteiger partial charge is 0.496 e. The van der Waals surface area contributed by atoms with E-state index in [1.54, 1.807) is 0 Å². The van der Waals surface area contributed by atoms with E-state index >= 15 is 0 Å². The van der Waals surface area contributed by atoms with Crippen molar-refractivity contribution < 1.29 is 37.0 Å². The molecule has 1 saturated heterocycles. The fraction of sp³-hybridized carbons (Fsp3) is 0.263. The van der Waals surface area contributed by atoms with Crippen molar-refractivity contribution in [1.29, 1.82) is 0 Å². The van der Waals surface area contributed by atoms with Crippen LogP contribution in [0, 0.1) is 17.5 Å². The van der Waals surface area contributed by atoms with Gasteiger partial charge in [-0.3, -0.25) is 9.59 Å². The van der Waals surface area contributed by atoms with Gasteiger partial charge in [0.2, 0.25) is 5.12 Å². The normalized spacial score (nSPS) is 16.4. The van der Waals surface area contributed by atoms with E-state index in [9.17, 15) is 22.8 Å². The van der Waals surface area contributed by atoms with E-state index < -0.39 is 40.9 Å². The van der Waals surface area contributed by atoms with Crippen LogP contribution in [0.1, 0.15) is 17.0 Å². The average Bonchev–Trinajstić information content (AvgIpc) is 3.01. The summed E-state index contributed by atoms with van der Waals surface area (Å²) in [6.45, 7) is -0.449. The first-order valence-electron chi connectivity index (χ1n) is 8.07. The molecule has 0 spiro atoms. The number of carbonyl (C=O) groups is 2. The van der Waals surface area contributed by atoms with Gasteiger partial charge in [-0.05, 0) is 18.2 Å². The summed E-state index contributed by atoms with van der Waals surface area (Å²) in [5.74, 6) is -4.68. The molecule has 2 aromatic rings. The van der Waals surface area contributed by atoms with E-state index in [0.717, 1.165) is 23.9 Å². The fourth-order valence-corrected chi connectivity index (χ4v) is 3.71. The van der Waals surface area contributed by atoms with Crippen molar-refractivity contribution in [2.45, 2.75) is 12.5 Å². The van der Waals surface area contributed by atoms with Gasteiger partial charge in [0.25, 0.3) is 0 Å². The maximum Gasteiger partial charge on any atom is 0.204 e. The van der Waals surface area contributed by atoms with Crippen LogP contribution in [0.15, 0.2) is 24.3 Å². The monoisotopic (exact) mass is 412 g/mol. The van der Waals surface area contributed by atoms with Crippen LogP contribution in [0.4, 0.5) is 13.2 Å². The van der Waals surface area contributed by atoms with Crippen molar-refractivity contribution in [1.82, 2.24) is 0 Å². The second kappa shape index (κ2) is 8.14. The van der Waals surface area contributed by atoms with Crippen LogP contribution < -0.4 is 14.2 Å². The number of hydrogen-bond donors (Lipinski definition) is 0. The van der Waals surface area contributed by atoms with Crippen LogP contribution in [-0.4, -0.2) is 30.9 Å². The molecular formula is C19H15F3O5S. The Kier molecular flexibility index (Phi) is 5.83. The summed E-state index contributed by atoms with van der Waals surface area (Å²) in [4.78, 5) is 23.9. The van der Waals surface area contributed by atoms with Gasteiger partial charge in [-0.1, -0.05) is 11.8 Å². The molecular weight excluding hydrogens is 397 g/mol. The zero-order valence-electron chi connectivity index (χ0n) is 14.9. The van der Waals surface area contributed by atoms with Crippen molar-refractivity contribution >= 4 is 22.7 Å². The Morgan fingerprint density at radius 1 is 1.00 bits per heavy atom. The lowest BCUT2D eigenvalue weighted by Crippen LogP contribution is -2.15. The van der Waals surface area contributed by atoms with Gasteiger partial charge in [-0.15, -0.1) is 0 Å². The molecule has 0 saturated carbocycles. The Labute approximate surface area is 162 Å². The highest BCUT2D eigenvalue weighted by atomic mass is 32.2. The van der Waals surface area contributed by atoms with Crippen LogP contribution in [0.5, 0.6) is 17.2 Å². The van der Waals surface area contributed by atoms with Gasteiger partial charge in [0, 0.05) is 11.6 Å². The Hall–Kier alpha value is -2.68. The standard InChI is InChI=1S/C19H15F3O5S/c1-25-14-4-3-11(20)18(22)10(14)7-27-16-5-9(12(21)6-15(16)26-2)17-13(23)8-28-19(17)24/h3-6,17H,7-8H2,1-2H3. The van der Waals surface area contributed by atoms with Gasteiger partial charge in [-0.25, -0.2) is 13.2 Å². The first kappa shape index (κ1) is 20.1. The zero-order chi connectivity index (χ0) is 20.4. The third-order valence-electron chi connectivity index (χ3n) is 4.25. The molecule has 148 valence electrons. The number of Topliss-reactive ketones (excluding diaryl/α,β-unsaturated/α-hetero) is 1. The molecule has 0 bridgehead atoms. The lowest BCUT2D eigenvalue weighted by Gasteiger charge is -2.16. The topological polar surface area (TPSA) is 61.8 Å². The SMILES string of the molecule is COc1cc(F)c(C2C(=O)CSC2=O)cc1OCc1c(OC)ccc(F)c1F. The van der Waals surface area contributed by atoms with Crippen molar-refractivity contribution in [3.63, 3.8) is 0 Å². The van der Waals surface area contributed by atoms with Gasteiger partial charge in [0.15, 0.2) is 28.9 Å². The second-order valence-corrected chi connectivity index (χ2v) is 6.84. The van der Waals surface area contributed by atoms with E-state index in [1.807, 2.05) is 0 Å². The van der Waals surface area contributed by atoms with Crippen molar-refractivity contribution in [3.05, 3.63) is 52.8 Å². The molecule has 2 aromatic carbocycles. The number of hydrogen-bond acceptors (Lipinski definition) is 6. The van der Waals surface area contributed by atoms with E-state index in [4.69, 9.17) is 14.2 Å². The summed E-state index contributed by atoms with van der Waals surface area (Å²) >= 11 is 0.817. The fourth-order valence-electron chi connectivity index (χ4n) is 2.84. The van der Waals surface area contributed by atoms with E-state index in [0.29, 0.717) is 0 Å². The summed E-state index contributed by atoms with van der Waals surface area (Å²) < 4.78 is 57.7. The van der Waals surface area contributed by atoms with Crippen LogP contribution >= 0.6 is 11.8 Å². The molecule has 0 N–H and O–H groups in total. The molecule has 0 amide bonds. The highest BCUT2D eigenvalue weighted by molar-refractivity contribution is 8.15. The Morgan fingerprint density at radius 3 is 2.32 bits per heavy atom. The number of carbonyl (C=O) groups excluding carboxylic acids is 2. The van der Waals surface area contributed by atoms with E-state index in [1.165, 1.54) is 26.4 Å². The third kappa shape index (κ3) is 3.66.